The number of aryl methyl sites for hydroxylation is 3. The van der Waals surface area contributed by atoms with Crippen molar-refractivity contribution in [2.75, 3.05) is 5.32 Å². The van der Waals surface area contributed by atoms with Crippen LogP contribution in [0.3, 0.4) is 0 Å². The predicted octanol–water partition coefficient (Wildman–Crippen LogP) is 2.95. The number of hydrogen-bond acceptors (Lipinski definition) is 2. The van der Waals surface area contributed by atoms with E-state index < -0.39 is 6.09 Å². The molecule has 1 amide bonds. The maximum atomic E-state index is 11.0. The molecule has 1 radical (unpaired) electrons. The van der Waals surface area contributed by atoms with Gasteiger partial charge in [0.25, 0.3) is 0 Å². The molecule has 0 spiro atoms. The van der Waals surface area contributed by atoms with Crippen molar-refractivity contribution in [2.45, 2.75) is 20.8 Å². The van der Waals surface area contributed by atoms with E-state index in [0.29, 0.717) is 0 Å². The smallest absolute Gasteiger partial charge is 0.411 e. The number of hydrogen-bond donors (Lipinski definition) is 1. The molecule has 0 aromatic heterocycles. The summed E-state index contributed by atoms with van der Waals surface area (Å²) in [5, 5.41) is 2.63. The summed E-state index contributed by atoms with van der Waals surface area (Å²) in [5.41, 5.74) is 4.01. The average molecular weight is 192 g/mol. The summed E-state index contributed by atoms with van der Waals surface area (Å²) in [6, 6.07) is 4.01. The van der Waals surface area contributed by atoms with Crippen LogP contribution >= 0.6 is 0 Å². The number of carbonyl (C=O) groups excluding carboxylic acids is 1. The molecule has 0 saturated heterocycles. The van der Waals surface area contributed by atoms with Gasteiger partial charge in [-0.3, -0.25) is 5.32 Å². The van der Waals surface area contributed by atoms with Crippen molar-refractivity contribution in [3.63, 3.8) is 0 Å². The SMILES string of the molecule is [CH2]OC(=O)Nc1c(C)cc(C)cc1C. The van der Waals surface area contributed by atoms with Crippen LogP contribution in [0, 0.1) is 27.9 Å². The normalized spacial score (nSPS) is 9.71. The zero-order valence-corrected chi connectivity index (χ0v) is 8.68. The molecule has 1 aromatic carbocycles. The summed E-state index contributed by atoms with van der Waals surface area (Å²) in [4.78, 5) is 11.0. The van der Waals surface area contributed by atoms with Crippen molar-refractivity contribution in [3.05, 3.63) is 35.9 Å². The quantitative estimate of drug-likeness (QED) is 0.742. The molecule has 75 valence electrons. The Hall–Kier alpha value is -1.51. The number of rotatable bonds is 1. The molecular formula is C11H14NO2. The van der Waals surface area contributed by atoms with Gasteiger partial charge < -0.3 is 4.74 Å². The zero-order chi connectivity index (χ0) is 10.7. The molecule has 1 rings (SSSR count). The third kappa shape index (κ3) is 2.25. The lowest BCUT2D eigenvalue weighted by Crippen LogP contribution is -2.12. The fraction of sp³-hybridized carbons (Fsp3) is 0.273. The Morgan fingerprint density at radius 1 is 1.29 bits per heavy atom. The molecule has 0 aliphatic heterocycles. The lowest BCUT2D eigenvalue weighted by atomic mass is 10.1. The monoisotopic (exact) mass is 192 g/mol. The minimum atomic E-state index is -0.542. The number of carbonyl (C=O) groups is 1. The highest BCUT2D eigenvalue weighted by atomic mass is 16.5. The van der Waals surface area contributed by atoms with E-state index in [1.807, 2.05) is 32.9 Å². The van der Waals surface area contributed by atoms with Crippen molar-refractivity contribution < 1.29 is 9.53 Å². The summed E-state index contributed by atoms with van der Waals surface area (Å²) in [5.74, 6) is 0. The molecule has 1 N–H and O–H groups in total. The van der Waals surface area contributed by atoms with Crippen LogP contribution in [0.1, 0.15) is 16.7 Å². The zero-order valence-electron chi connectivity index (χ0n) is 8.68. The van der Waals surface area contributed by atoms with E-state index in [0.717, 1.165) is 16.8 Å². The fourth-order valence-corrected chi connectivity index (χ4v) is 1.52. The van der Waals surface area contributed by atoms with Crippen molar-refractivity contribution in [3.8, 4) is 0 Å². The lowest BCUT2D eigenvalue weighted by molar-refractivity contribution is 0.199. The number of benzene rings is 1. The Balaban J connectivity index is 3.02. The Kier molecular flexibility index (Phi) is 3.12. The van der Waals surface area contributed by atoms with E-state index >= 15 is 0 Å². The standard InChI is InChI=1S/C11H14NO2/c1-7-5-8(2)10(9(3)6-7)12-11(13)14-4/h5-6H,4H2,1-3H3,(H,12,13). The summed E-state index contributed by atoms with van der Waals surface area (Å²) in [7, 11) is 3.05. The number of nitrogens with one attached hydrogen (secondary N) is 1. The van der Waals surface area contributed by atoms with Gasteiger partial charge in [0.15, 0.2) is 0 Å². The molecule has 3 heteroatoms. The van der Waals surface area contributed by atoms with Crippen molar-refractivity contribution in [1.82, 2.24) is 0 Å². The van der Waals surface area contributed by atoms with Gasteiger partial charge in [-0.05, 0) is 31.9 Å². The summed E-state index contributed by atoms with van der Waals surface area (Å²) >= 11 is 0. The summed E-state index contributed by atoms with van der Waals surface area (Å²) in [6.45, 7) is 5.90. The van der Waals surface area contributed by atoms with Gasteiger partial charge in [0.1, 0.15) is 7.11 Å². The number of amides is 1. The van der Waals surface area contributed by atoms with Gasteiger partial charge in [-0.25, -0.2) is 4.79 Å². The molecule has 0 atom stereocenters. The summed E-state index contributed by atoms with van der Waals surface area (Å²) < 4.78 is 4.29. The van der Waals surface area contributed by atoms with E-state index in [4.69, 9.17) is 0 Å². The van der Waals surface area contributed by atoms with Crippen LogP contribution < -0.4 is 5.32 Å². The molecule has 0 aliphatic carbocycles. The van der Waals surface area contributed by atoms with Gasteiger partial charge >= 0.3 is 6.09 Å². The van der Waals surface area contributed by atoms with Crippen LogP contribution in [0.15, 0.2) is 12.1 Å². The molecule has 0 aliphatic rings. The minimum Gasteiger partial charge on any atom is -0.446 e. The first-order chi connectivity index (χ1) is 6.54. The van der Waals surface area contributed by atoms with Crippen molar-refractivity contribution in [1.29, 1.82) is 0 Å². The van der Waals surface area contributed by atoms with E-state index in [1.54, 1.807) is 0 Å². The second-order valence-electron chi connectivity index (χ2n) is 3.33. The third-order valence-corrected chi connectivity index (χ3v) is 2.04. The van der Waals surface area contributed by atoms with Crippen molar-refractivity contribution >= 4 is 11.8 Å². The Morgan fingerprint density at radius 2 is 1.79 bits per heavy atom. The Bertz CT molecular complexity index is 335. The first-order valence-electron chi connectivity index (χ1n) is 4.35. The van der Waals surface area contributed by atoms with Gasteiger partial charge in [-0.2, -0.15) is 0 Å². The maximum Gasteiger partial charge on any atom is 0.411 e. The highest BCUT2D eigenvalue weighted by Crippen LogP contribution is 2.21. The highest BCUT2D eigenvalue weighted by Gasteiger charge is 2.07. The molecule has 0 unspecified atom stereocenters. The molecule has 0 heterocycles. The topological polar surface area (TPSA) is 38.3 Å². The Labute approximate surface area is 84.1 Å². The lowest BCUT2D eigenvalue weighted by Gasteiger charge is -2.11. The predicted molar refractivity (Wildman–Crippen MR) is 56.1 cm³/mol. The first kappa shape index (κ1) is 10.6. The van der Waals surface area contributed by atoms with Crippen LogP contribution in [0.4, 0.5) is 10.5 Å². The van der Waals surface area contributed by atoms with Gasteiger partial charge in [0.2, 0.25) is 0 Å². The molecular weight excluding hydrogens is 178 g/mol. The van der Waals surface area contributed by atoms with Gasteiger partial charge in [0, 0.05) is 5.69 Å². The van der Waals surface area contributed by atoms with E-state index in [1.165, 1.54) is 5.56 Å². The highest BCUT2D eigenvalue weighted by molar-refractivity contribution is 5.86. The fourth-order valence-electron chi connectivity index (χ4n) is 1.52. The molecule has 3 nitrogen and oxygen atoms in total. The average Bonchev–Trinajstić information content (AvgIpc) is 2.10. The molecule has 14 heavy (non-hydrogen) atoms. The molecule has 0 bridgehead atoms. The molecule has 1 aromatic rings. The molecule has 0 fully saturated rings. The van der Waals surface area contributed by atoms with Crippen LogP contribution in [-0.4, -0.2) is 6.09 Å². The van der Waals surface area contributed by atoms with E-state index in [-0.39, 0.29) is 0 Å². The van der Waals surface area contributed by atoms with Crippen LogP contribution in [-0.2, 0) is 4.74 Å². The van der Waals surface area contributed by atoms with Crippen LogP contribution in [0.25, 0.3) is 0 Å². The van der Waals surface area contributed by atoms with E-state index in [9.17, 15) is 4.79 Å². The van der Waals surface area contributed by atoms with Crippen LogP contribution in [0.2, 0.25) is 0 Å². The van der Waals surface area contributed by atoms with Crippen molar-refractivity contribution in [2.24, 2.45) is 0 Å². The van der Waals surface area contributed by atoms with Crippen LogP contribution in [0.5, 0.6) is 0 Å². The van der Waals surface area contributed by atoms with E-state index in [2.05, 4.69) is 17.2 Å². The number of anilines is 1. The maximum absolute atomic E-state index is 11.0. The molecule has 0 saturated carbocycles. The first-order valence-corrected chi connectivity index (χ1v) is 4.35. The van der Waals surface area contributed by atoms with Gasteiger partial charge in [-0.1, -0.05) is 17.7 Å². The number of ether oxygens (including phenoxy) is 1. The summed E-state index contributed by atoms with van der Waals surface area (Å²) in [6.07, 6.45) is -0.542. The Morgan fingerprint density at radius 3 is 2.21 bits per heavy atom. The van der Waals surface area contributed by atoms with Gasteiger partial charge in [0.05, 0.1) is 0 Å². The largest absolute Gasteiger partial charge is 0.446 e. The third-order valence-electron chi connectivity index (χ3n) is 2.04. The second-order valence-corrected chi connectivity index (χ2v) is 3.33. The van der Waals surface area contributed by atoms with Gasteiger partial charge in [-0.15, -0.1) is 0 Å². The minimum absolute atomic E-state index is 0.542. The second kappa shape index (κ2) is 4.13.